The number of hydrogen-bond donors (Lipinski definition) is 2. The molecule has 22 heavy (non-hydrogen) atoms. The van der Waals surface area contributed by atoms with Gasteiger partial charge < -0.3 is 5.11 Å². The number of nitrogens with two attached hydrogens (primary N) is 1. The number of hydrogen-bond acceptors (Lipinski definition) is 5. The summed E-state index contributed by atoms with van der Waals surface area (Å²) >= 11 is 0. The number of carbonyl (C=O) groups excluding carboxylic acids is 1. The Kier molecular flexibility index (Phi) is 3.54. The van der Waals surface area contributed by atoms with Gasteiger partial charge in [0.1, 0.15) is 12.4 Å². The summed E-state index contributed by atoms with van der Waals surface area (Å²) < 4.78 is 23.6. The first kappa shape index (κ1) is 15.1. The normalized spacial score (nSPS) is 28.5. The molecule has 0 aliphatic heterocycles. The number of nitrogens with zero attached hydrogens (tertiary/aromatic N) is 2. The number of allylic oxidation sites excluding steroid dienone is 2. The maximum absolute atomic E-state index is 12.2. The molecule has 8 heteroatoms. The number of aliphatic hydroxyl groups is 1. The van der Waals surface area contributed by atoms with Gasteiger partial charge in [-0.25, -0.2) is 18.5 Å². The van der Waals surface area contributed by atoms with Crippen molar-refractivity contribution in [1.82, 2.24) is 9.55 Å². The zero-order valence-corrected chi connectivity index (χ0v) is 12.6. The van der Waals surface area contributed by atoms with Crippen molar-refractivity contribution in [3.8, 4) is 0 Å². The van der Waals surface area contributed by atoms with E-state index in [-0.39, 0.29) is 17.5 Å². The van der Waals surface area contributed by atoms with Gasteiger partial charge in [0.05, 0.1) is 5.69 Å². The van der Waals surface area contributed by atoms with Gasteiger partial charge in [0, 0.05) is 12.1 Å². The molecule has 2 unspecified atom stereocenters. The van der Waals surface area contributed by atoms with E-state index >= 15 is 0 Å². The summed E-state index contributed by atoms with van der Waals surface area (Å²) in [6.45, 7) is 0. The Morgan fingerprint density at radius 3 is 2.68 bits per heavy atom. The summed E-state index contributed by atoms with van der Waals surface area (Å²) in [7, 11) is -4.19. The van der Waals surface area contributed by atoms with Crippen molar-refractivity contribution in [1.29, 1.82) is 0 Å². The molecule has 118 valence electrons. The lowest BCUT2D eigenvalue weighted by atomic mass is 9.85. The lowest BCUT2D eigenvalue weighted by Crippen LogP contribution is -2.48. The first-order valence-electron chi connectivity index (χ1n) is 7.01. The zero-order chi connectivity index (χ0) is 16.0. The van der Waals surface area contributed by atoms with Crippen LogP contribution >= 0.6 is 0 Å². The van der Waals surface area contributed by atoms with Crippen LogP contribution in [0.25, 0.3) is 0 Å². The molecule has 2 atom stereocenters. The van der Waals surface area contributed by atoms with E-state index in [4.69, 9.17) is 5.14 Å². The van der Waals surface area contributed by atoms with E-state index in [0.29, 0.717) is 0 Å². The highest BCUT2D eigenvalue weighted by Crippen LogP contribution is 2.36. The number of imidazole rings is 1. The van der Waals surface area contributed by atoms with Crippen molar-refractivity contribution in [2.75, 3.05) is 0 Å². The van der Waals surface area contributed by atoms with E-state index in [0.717, 1.165) is 19.3 Å². The van der Waals surface area contributed by atoms with Crippen LogP contribution in [0.5, 0.6) is 0 Å². The fourth-order valence-corrected chi connectivity index (χ4v) is 3.85. The van der Waals surface area contributed by atoms with Crippen molar-refractivity contribution in [2.45, 2.75) is 30.1 Å². The summed E-state index contributed by atoms with van der Waals surface area (Å²) in [5.74, 6) is -0.154. The summed E-state index contributed by atoms with van der Waals surface area (Å²) in [6, 6.07) is 0. The highest BCUT2D eigenvalue weighted by molar-refractivity contribution is 7.90. The SMILES string of the molecule is NS(=O)(=O)C1(c2cn(C(=O)C3CCC3)cn2)C=CC=CC1O. The van der Waals surface area contributed by atoms with E-state index in [1.807, 2.05) is 0 Å². The van der Waals surface area contributed by atoms with Crippen LogP contribution in [0.2, 0.25) is 0 Å². The van der Waals surface area contributed by atoms with Crippen molar-refractivity contribution in [3.63, 3.8) is 0 Å². The van der Waals surface area contributed by atoms with Crippen LogP contribution in [-0.2, 0) is 14.8 Å². The smallest absolute Gasteiger partial charge is 0.234 e. The lowest BCUT2D eigenvalue weighted by molar-refractivity contribution is 0.0764. The van der Waals surface area contributed by atoms with E-state index in [1.54, 1.807) is 0 Å². The number of rotatable bonds is 3. The monoisotopic (exact) mass is 323 g/mol. The minimum Gasteiger partial charge on any atom is -0.387 e. The van der Waals surface area contributed by atoms with Crippen molar-refractivity contribution in [3.05, 3.63) is 42.5 Å². The zero-order valence-electron chi connectivity index (χ0n) is 11.8. The Morgan fingerprint density at radius 1 is 1.41 bits per heavy atom. The van der Waals surface area contributed by atoms with Gasteiger partial charge in [-0.3, -0.25) is 9.36 Å². The highest BCUT2D eigenvalue weighted by atomic mass is 32.2. The van der Waals surface area contributed by atoms with Gasteiger partial charge in [0.15, 0.2) is 4.75 Å². The molecule has 1 saturated carbocycles. The van der Waals surface area contributed by atoms with Gasteiger partial charge in [0.25, 0.3) is 0 Å². The third-order valence-electron chi connectivity index (χ3n) is 4.35. The molecule has 0 amide bonds. The summed E-state index contributed by atoms with van der Waals surface area (Å²) in [5, 5.41) is 15.5. The van der Waals surface area contributed by atoms with Gasteiger partial charge in [-0.05, 0) is 12.8 Å². The third-order valence-corrected chi connectivity index (χ3v) is 5.88. The molecule has 1 heterocycles. The largest absolute Gasteiger partial charge is 0.387 e. The molecular weight excluding hydrogens is 306 g/mol. The Hall–Kier alpha value is -1.77. The van der Waals surface area contributed by atoms with E-state index in [2.05, 4.69) is 4.98 Å². The lowest BCUT2D eigenvalue weighted by Gasteiger charge is -2.31. The first-order valence-corrected chi connectivity index (χ1v) is 8.56. The number of aliphatic hydroxyl groups excluding tert-OH is 1. The predicted octanol–water partition coefficient (Wildman–Crippen LogP) is 0.294. The van der Waals surface area contributed by atoms with Crippen LogP contribution in [0.1, 0.15) is 29.8 Å². The predicted molar refractivity (Wildman–Crippen MR) is 79.3 cm³/mol. The van der Waals surface area contributed by atoms with E-state index in [1.165, 1.54) is 41.4 Å². The molecule has 0 saturated heterocycles. The standard InChI is InChI=1S/C14H17N3O4S/c15-22(20,21)14(7-2-1-6-12(14)18)11-8-17(9-16-11)13(19)10-4-3-5-10/h1-2,6-10,12,18H,3-5H2,(H2,15,20,21). The topological polar surface area (TPSA) is 115 Å². The quantitative estimate of drug-likeness (QED) is 0.830. The molecule has 0 bridgehead atoms. The summed E-state index contributed by atoms with van der Waals surface area (Å²) in [5.41, 5.74) is 0.0378. The molecule has 1 aromatic heterocycles. The fourth-order valence-electron chi connectivity index (χ4n) is 2.77. The molecule has 0 radical (unpaired) electrons. The Labute approximate surface area is 128 Å². The summed E-state index contributed by atoms with van der Waals surface area (Å²) in [4.78, 5) is 16.2. The van der Waals surface area contributed by atoms with Crippen LogP contribution in [0, 0.1) is 5.92 Å². The molecule has 1 aromatic rings. The van der Waals surface area contributed by atoms with Gasteiger partial charge in [-0.15, -0.1) is 0 Å². The number of aromatic nitrogens is 2. The van der Waals surface area contributed by atoms with Crippen molar-refractivity contribution < 1.29 is 18.3 Å². The average Bonchev–Trinajstić information content (AvgIpc) is 2.85. The van der Waals surface area contributed by atoms with Crippen LogP contribution in [-0.4, -0.2) is 35.1 Å². The average molecular weight is 323 g/mol. The van der Waals surface area contributed by atoms with E-state index < -0.39 is 20.9 Å². The molecule has 2 aliphatic rings. The number of carbonyl (C=O) groups is 1. The molecule has 7 nitrogen and oxygen atoms in total. The number of primary sulfonamides is 1. The van der Waals surface area contributed by atoms with Crippen molar-refractivity contribution in [2.24, 2.45) is 11.1 Å². The van der Waals surface area contributed by atoms with Gasteiger partial charge in [-0.1, -0.05) is 30.7 Å². The van der Waals surface area contributed by atoms with Crippen LogP contribution in [0.4, 0.5) is 0 Å². The fraction of sp³-hybridized carbons (Fsp3) is 0.429. The molecule has 1 fully saturated rings. The number of sulfonamides is 1. The minimum absolute atomic E-state index is 0.0378. The third kappa shape index (κ3) is 2.15. The first-order chi connectivity index (χ1) is 10.4. The van der Waals surface area contributed by atoms with E-state index in [9.17, 15) is 18.3 Å². The second-order valence-electron chi connectivity index (χ2n) is 5.66. The van der Waals surface area contributed by atoms with Gasteiger partial charge in [-0.2, -0.15) is 0 Å². The second-order valence-corrected chi connectivity index (χ2v) is 7.42. The molecule has 3 rings (SSSR count). The Morgan fingerprint density at radius 2 is 2.14 bits per heavy atom. The van der Waals surface area contributed by atoms with Crippen LogP contribution in [0.15, 0.2) is 36.8 Å². The maximum atomic E-state index is 12.2. The molecule has 2 aliphatic carbocycles. The van der Waals surface area contributed by atoms with Gasteiger partial charge in [0.2, 0.25) is 15.9 Å². The highest BCUT2D eigenvalue weighted by Gasteiger charge is 2.49. The molecule has 0 aromatic carbocycles. The minimum atomic E-state index is -4.19. The van der Waals surface area contributed by atoms with Crippen LogP contribution < -0.4 is 5.14 Å². The maximum Gasteiger partial charge on any atom is 0.234 e. The Bertz CT molecular complexity index is 761. The van der Waals surface area contributed by atoms with Crippen LogP contribution in [0.3, 0.4) is 0 Å². The second kappa shape index (κ2) is 5.15. The molecule has 0 spiro atoms. The molecule has 3 N–H and O–H groups in total. The molecular formula is C14H17N3O4S. The van der Waals surface area contributed by atoms with Gasteiger partial charge >= 0.3 is 0 Å². The summed E-state index contributed by atoms with van der Waals surface area (Å²) in [6.07, 6.45) is 9.59. The van der Waals surface area contributed by atoms with Crippen molar-refractivity contribution >= 4 is 15.9 Å². The Balaban J connectivity index is 2.04.